The molecule has 0 aliphatic carbocycles. The molecule has 18 heavy (non-hydrogen) atoms. The van der Waals surface area contributed by atoms with Gasteiger partial charge in [0.1, 0.15) is 4.88 Å². The summed E-state index contributed by atoms with van der Waals surface area (Å²) < 4.78 is 0. The van der Waals surface area contributed by atoms with Gasteiger partial charge in [-0.05, 0) is 26.4 Å². The molecule has 0 unspecified atom stereocenters. The molecule has 5 heteroatoms. The maximum absolute atomic E-state index is 11.0. The van der Waals surface area contributed by atoms with E-state index in [0.717, 1.165) is 30.2 Å². The molecule has 0 aromatic carbocycles. The Kier molecular flexibility index (Phi) is 6.29. The third-order valence-corrected chi connectivity index (χ3v) is 4.02. The van der Waals surface area contributed by atoms with Crippen molar-refractivity contribution in [3.05, 3.63) is 15.6 Å². The quantitative estimate of drug-likeness (QED) is 0.789. The zero-order chi connectivity index (χ0) is 13.5. The van der Waals surface area contributed by atoms with Crippen LogP contribution in [-0.2, 0) is 12.8 Å². The van der Waals surface area contributed by atoms with Crippen LogP contribution in [0.1, 0.15) is 47.1 Å². The number of nitrogens with zero attached hydrogens (tertiary/aromatic N) is 2. The van der Waals surface area contributed by atoms with E-state index in [4.69, 9.17) is 5.11 Å². The first-order valence-corrected chi connectivity index (χ1v) is 7.30. The van der Waals surface area contributed by atoms with E-state index in [9.17, 15) is 4.79 Å². The van der Waals surface area contributed by atoms with Crippen molar-refractivity contribution >= 4 is 17.3 Å². The Morgan fingerprint density at radius 3 is 2.61 bits per heavy atom. The molecule has 102 valence electrons. The summed E-state index contributed by atoms with van der Waals surface area (Å²) >= 11 is 1.32. The SMILES string of the molecule is CCCCN(C)CCc1nc(CC)c(C(=O)O)s1. The molecule has 0 aliphatic rings. The van der Waals surface area contributed by atoms with Crippen molar-refractivity contribution in [2.24, 2.45) is 0 Å². The number of rotatable bonds is 8. The fourth-order valence-electron chi connectivity index (χ4n) is 1.74. The Labute approximate surface area is 113 Å². The van der Waals surface area contributed by atoms with E-state index in [2.05, 4.69) is 23.9 Å². The standard InChI is InChI=1S/C13H22N2O2S/c1-4-6-8-15(3)9-7-11-14-10(5-2)12(18-11)13(16)17/h4-9H2,1-3H3,(H,16,17). The summed E-state index contributed by atoms with van der Waals surface area (Å²) in [6.07, 6.45) is 3.93. The summed E-state index contributed by atoms with van der Waals surface area (Å²) in [4.78, 5) is 18.1. The largest absolute Gasteiger partial charge is 0.477 e. The number of aryl methyl sites for hydroxylation is 1. The van der Waals surface area contributed by atoms with Gasteiger partial charge in [0.15, 0.2) is 0 Å². The van der Waals surface area contributed by atoms with Gasteiger partial charge in [-0.1, -0.05) is 20.3 Å². The predicted octanol–water partition coefficient (Wildman–Crippen LogP) is 2.68. The van der Waals surface area contributed by atoms with Gasteiger partial charge in [0.05, 0.1) is 10.7 Å². The molecule has 0 spiro atoms. The summed E-state index contributed by atoms with van der Waals surface area (Å²) in [5.74, 6) is -0.852. The molecule has 1 heterocycles. The van der Waals surface area contributed by atoms with Crippen molar-refractivity contribution in [1.29, 1.82) is 0 Å². The van der Waals surface area contributed by atoms with E-state index in [1.165, 1.54) is 24.2 Å². The molecule has 0 amide bonds. The molecule has 0 saturated heterocycles. The molecule has 1 rings (SSSR count). The highest BCUT2D eigenvalue weighted by molar-refractivity contribution is 7.13. The molecule has 0 bridgehead atoms. The molecule has 1 N–H and O–H groups in total. The first-order chi connectivity index (χ1) is 8.58. The normalized spacial score (nSPS) is 11.1. The number of carbonyl (C=O) groups is 1. The average molecular weight is 270 g/mol. The van der Waals surface area contributed by atoms with Gasteiger partial charge in [-0.25, -0.2) is 9.78 Å². The number of hydrogen-bond acceptors (Lipinski definition) is 4. The van der Waals surface area contributed by atoms with Crippen LogP contribution in [0.3, 0.4) is 0 Å². The van der Waals surface area contributed by atoms with Crippen molar-refractivity contribution in [2.75, 3.05) is 20.1 Å². The van der Waals surface area contributed by atoms with Crippen LogP contribution < -0.4 is 0 Å². The highest BCUT2D eigenvalue weighted by Gasteiger charge is 2.15. The monoisotopic (exact) mass is 270 g/mol. The molecule has 4 nitrogen and oxygen atoms in total. The Morgan fingerprint density at radius 2 is 2.11 bits per heavy atom. The number of thiazole rings is 1. The second-order valence-electron chi connectivity index (χ2n) is 4.45. The summed E-state index contributed by atoms with van der Waals surface area (Å²) in [5.41, 5.74) is 0.721. The van der Waals surface area contributed by atoms with Crippen LogP contribution in [0.5, 0.6) is 0 Å². The van der Waals surface area contributed by atoms with Gasteiger partial charge in [0.2, 0.25) is 0 Å². The lowest BCUT2D eigenvalue weighted by atomic mass is 10.3. The second-order valence-corrected chi connectivity index (χ2v) is 5.53. The number of hydrogen-bond donors (Lipinski definition) is 1. The third-order valence-electron chi connectivity index (χ3n) is 2.87. The van der Waals surface area contributed by atoms with Crippen LogP contribution in [0.2, 0.25) is 0 Å². The molecule has 0 saturated carbocycles. The number of carboxylic acid groups (broad SMARTS) is 1. The summed E-state index contributed by atoms with van der Waals surface area (Å²) in [5, 5.41) is 10.0. The van der Waals surface area contributed by atoms with E-state index < -0.39 is 5.97 Å². The van der Waals surface area contributed by atoms with Crippen molar-refractivity contribution < 1.29 is 9.90 Å². The summed E-state index contributed by atoms with van der Waals surface area (Å²) in [7, 11) is 2.10. The van der Waals surface area contributed by atoms with E-state index >= 15 is 0 Å². The lowest BCUT2D eigenvalue weighted by Crippen LogP contribution is -2.22. The topological polar surface area (TPSA) is 53.4 Å². The number of likely N-dealkylation sites (N-methyl/N-ethyl adjacent to an activating group) is 1. The van der Waals surface area contributed by atoms with Gasteiger partial charge < -0.3 is 10.0 Å². The molecule has 0 radical (unpaired) electrons. The smallest absolute Gasteiger partial charge is 0.347 e. The van der Waals surface area contributed by atoms with Crippen LogP contribution in [0.4, 0.5) is 0 Å². The highest BCUT2D eigenvalue weighted by atomic mass is 32.1. The van der Waals surface area contributed by atoms with E-state index in [-0.39, 0.29) is 0 Å². The van der Waals surface area contributed by atoms with Crippen molar-refractivity contribution in [3.63, 3.8) is 0 Å². The molecule has 0 fully saturated rings. The maximum atomic E-state index is 11.0. The molecule has 1 aromatic rings. The van der Waals surface area contributed by atoms with Crippen LogP contribution in [0.25, 0.3) is 0 Å². The van der Waals surface area contributed by atoms with Crippen LogP contribution >= 0.6 is 11.3 Å². The van der Waals surface area contributed by atoms with Gasteiger partial charge >= 0.3 is 5.97 Å². The Balaban J connectivity index is 2.55. The molecular weight excluding hydrogens is 248 g/mol. The van der Waals surface area contributed by atoms with Crippen molar-refractivity contribution in [1.82, 2.24) is 9.88 Å². The molecule has 0 aliphatic heterocycles. The number of aromatic nitrogens is 1. The number of aromatic carboxylic acids is 1. The van der Waals surface area contributed by atoms with Gasteiger partial charge in [-0.2, -0.15) is 0 Å². The van der Waals surface area contributed by atoms with Gasteiger partial charge in [-0.3, -0.25) is 0 Å². The predicted molar refractivity (Wildman–Crippen MR) is 74.6 cm³/mol. The highest BCUT2D eigenvalue weighted by Crippen LogP contribution is 2.19. The summed E-state index contributed by atoms with van der Waals surface area (Å²) in [6, 6.07) is 0. The third kappa shape index (κ3) is 4.38. The molecule has 0 atom stereocenters. The minimum absolute atomic E-state index is 0.406. The average Bonchev–Trinajstić information content (AvgIpc) is 2.77. The molecular formula is C13H22N2O2S. The lowest BCUT2D eigenvalue weighted by molar-refractivity contribution is 0.0701. The van der Waals surface area contributed by atoms with Crippen LogP contribution in [0.15, 0.2) is 0 Å². The summed E-state index contributed by atoms with van der Waals surface area (Å²) in [6.45, 7) is 6.16. The van der Waals surface area contributed by atoms with Crippen LogP contribution in [-0.4, -0.2) is 41.1 Å². The minimum atomic E-state index is -0.852. The first kappa shape index (κ1) is 15.1. The zero-order valence-corrected chi connectivity index (χ0v) is 12.2. The fraction of sp³-hybridized carbons (Fsp3) is 0.692. The Morgan fingerprint density at radius 1 is 1.39 bits per heavy atom. The second kappa shape index (κ2) is 7.48. The fourth-order valence-corrected chi connectivity index (χ4v) is 2.72. The van der Waals surface area contributed by atoms with E-state index in [1.807, 2.05) is 6.92 Å². The van der Waals surface area contributed by atoms with Crippen LogP contribution in [0, 0.1) is 0 Å². The maximum Gasteiger partial charge on any atom is 0.347 e. The van der Waals surface area contributed by atoms with Gasteiger partial charge in [-0.15, -0.1) is 11.3 Å². The number of unbranched alkanes of at least 4 members (excludes halogenated alkanes) is 1. The van der Waals surface area contributed by atoms with Crippen molar-refractivity contribution in [2.45, 2.75) is 39.5 Å². The van der Waals surface area contributed by atoms with Gasteiger partial charge in [0, 0.05) is 13.0 Å². The zero-order valence-electron chi connectivity index (χ0n) is 11.4. The minimum Gasteiger partial charge on any atom is -0.477 e. The van der Waals surface area contributed by atoms with E-state index in [1.54, 1.807) is 0 Å². The van der Waals surface area contributed by atoms with Gasteiger partial charge in [0.25, 0.3) is 0 Å². The van der Waals surface area contributed by atoms with Crippen molar-refractivity contribution in [3.8, 4) is 0 Å². The Hall–Kier alpha value is -0.940. The van der Waals surface area contributed by atoms with E-state index in [0.29, 0.717) is 11.3 Å². The first-order valence-electron chi connectivity index (χ1n) is 6.48. The Bertz CT molecular complexity index is 390. The lowest BCUT2D eigenvalue weighted by Gasteiger charge is -2.14. The molecule has 1 aromatic heterocycles. The number of carboxylic acids is 1.